The minimum Gasteiger partial charge on any atom is -0.411 e. The van der Waals surface area contributed by atoms with Crippen LogP contribution in [0.1, 0.15) is 33.1 Å². The van der Waals surface area contributed by atoms with Crippen LogP contribution >= 0.6 is 15.9 Å². The van der Waals surface area contributed by atoms with E-state index in [0.717, 1.165) is 23.4 Å². The molecule has 0 unspecified atom stereocenters. The van der Waals surface area contributed by atoms with Gasteiger partial charge >= 0.3 is 0 Å². The van der Waals surface area contributed by atoms with Crippen LogP contribution in [0.5, 0.6) is 0 Å². The van der Waals surface area contributed by atoms with Crippen molar-refractivity contribution in [2.45, 2.75) is 33.1 Å². The molecule has 2 nitrogen and oxygen atoms in total. The van der Waals surface area contributed by atoms with Crippen LogP contribution < -0.4 is 0 Å². The molecule has 0 amide bonds. The van der Waals surface area contributed by atoms with E-state index >= 15 is 0 Å². The number of nitrogens with zero attached hydrogens (tertiary/aromatic N) is 1. The van der Waals surface area contributed by atoms with Crippen LogP contribution in [0.25, 0.3) is 0 Å². The van der Waals surface area contributed by atoms with Gasteiger partial charge in [0.25, 0.3) is 0 Å². The zero-order valence-corrected chi connectivity index (χ0v) is 9.76. The Labute approximate surface area is 87.5 Å². The molecular formula is C10H16BrNO. The van der Waals surface area contributed by atoms with Crippen molar-refractivity contribution in [3.63, 3.8) is 0 Å². The van der Waals surface area contributed by atoms with Gasteiger partial charge < -0.3 is 5.21 Å². The molecular weight excluding hydrogens is 230 g/mol. The first-order chi connectivity index (χ1) is 6.08. The molecule has 2 saturated carbocycles. The van der Waals surface area contributed by atoms with Gasteiger partial charge in [-0.15, -0.1) is 0 Å². The van der Waals surface area contributed by atoms with Gasteiger partial charge in [0.1, 0.15) is 0 Å². The minimum absolute atomic E-state index is 0.131. The number of fused-ring (bicyclic) bond motifs is 2. The summed E-state index contributed by atoms with van der Waals surface area (Å²) in [6.45, 7) is 4.62. The van der Waals surface area contributed by atoms with Gasteiger partial charge in [0.2, 0.25) is 0 Å². The first kappa shape index (κ1) is 9.50. The van der Waals surface area contributed by atoms with E-state index in [9.17, 15) is 0 Å². The first-order valence-electron chi connectivity index (χ1n) is 4.86. The Morgan fingerprint density at radius 3 is 2.69 bits per heavy atom. The SMILES string of the molecule is CC1(C)[C@H]2CC[C@@]1(CBr)/C(=N\O)C2. The largest absolute Gasteiger partial charge is 0.411 e. The molecule has 1 N–H and O–H groups in total. The second-order valence-electron chi connectivity index (χ2n) is 4.92. The molecule has 0 aromatic heterocycles. The zero-order valence-electron chi connectivity index (χ0n) is 8.18. The average Bonchev–Trinajstić information content (AvgIpc) is 2.50. The molecule has 0 heterocycles. The Hall–Kier alpha value is -0.0500. The van der Waals surface area contributed by atoms with E-state index in [4.69, 9.17) is 5.21 Å². The summed E-state index contributed by atoms with van der Waals surface area (Å²) in [5, 5.41) is 13.4. The van der Waals surface area contributed by atoms with Crippen LogP contribution in [0, 0.1) is 16.7 Å². The lowest BCUT2D eigenvalue weighted by molar-refractivity contribution is 0.196. The molecule has 2 aliphatic rings. The quantitative estimate of drug-likeness (QED) is 0.430. The molecule has 2 fully saturated rings. The van der Waals surface area contributed by atoms with Crippen LogP contribution in [-0.2, 0) is 0 Å². The van der Waals surface area contributed by atoms with Crippen molar-refractivity contribution < 1.29 is 5.21 Å². The molecule has 2 atom stereocenters. The summed E-state index contributed by atoms with van der Waals surface area (Å²) in [7, 11) is 0. The highest BCUT2D eigenvalue weighted by atomic mass is 79.9. The lowest BCUT2D eigenvalue weighted by Crippen LogP contribution is -2.37. The van der Waals surface area contributed by atoms with Crippen LogP contribution in [-0.4, -0.2) is 16.2 Å². The summed E-state index contributed by atoms with van der Waals surface area (Å²) in [6.07, 6.45) is 3.46. The fourth-order valence-corrected chi connectivity index (χ4v) is 4.58. The van der Waals surface area contributed by atoms with Crippen LogP contribution in [0.2, 0.25) is 0 Å². The van der Waals surface area contributed by atoms with Gasteiger partial charge in [-0.1, -0.05) is 34.9 Å². The first-order valence-corrected chi connectivity index (χ1v) is 5.98. The highest BCUT2D eigenvalue weighted by Crippen LogP contribution is 2.64. The third-order valence-electron chi connectivity index (χ3n) is 4.51. The normalized spacial score (nSPS) is 44.5. The average molecular weight is 246 g/mol. The third kappa shape index (κ3) is 0.915. The molecule has 0 aromatic rings. The third-order valence-corrected chi connectivity index (χ3v) is 5.47. The summed E-state index contributed by atoms with van der Waals surface area (Å²) in [5.74, 6) is 0.718. The van der Waals surface area contributed by atoms with Crippen molar-refractivity contribution in [1.82, 2.24) is 0 Å². The van der Waals surface area contributed by atoms with E-state index in [1.165, 1.54) is 12.8 Å². The van der Waals surface area contributed by atoms with Gasteiger partial charge in [-0.3, -0.25) is 0 Å². The van der Waals surface area contributed by atoms with Crippen molar-refractivity contribution in [2.24, 2.45) is 21.9 Å². The van der Waals surface area contributed by atoms with Crippen LogP contribution in [0.15, 0.2) is 5.16 Å². The van der Waals surface area contributed by atoms with E-state index in [2.05, 4.69) is 34.9 Å². The predicted octanol–water partition coefficient (Wildman–Crippen LogP) is 3.04. The lowest BCUT2D eigenvalue weighted by Gasteiger charge is -2.36. The van der Waals surface area contributed by atoms with Crippen molar-refractivity contribution in [2.75, 3.05) is 5.33 Å². The highest BCUT2D eigenvalue weighted by Gasteiger charge is 2.62. The summed E-state index contributed by atoms with van der Waals surface area (Å²) in [6, 6.07) is 0. The molecule has 13 heavy (non-hydrogen) atoms. The molecule has 3 heteroatoms. The molecule has 2 bridgehead atoms. The Morgan fingerprint density at radius 1 is 1.62 bits per heavy atom. The Kier molecular flexibility index (Phi) is 1.99. The molecule has 0 radical (unpaired) electrons. The number of alkyl halides is 1. The summed E-state index contributed by atoms with van der Waals surface area (Å²) in [4.78, 5) is 0. The summed E-state index contributed by atoms with van der Waals surface area (Å²) < 4.78 is 0. The Morgan fingerprint density at radius 2 is 2.31 bits per heavy atom. The van der Waals surface area contributed by atoms with E-state index < -0.39 is 0 Å². The summed E-state index contributed by atoms with van der Waals surface area (Å²) in [5.41, 5.74) is 1.45. The molecule has 0 aromatic carbocycles. The van der Waals surface area contributed by atoms with E-state index in [1.54, 1.807) is 0 Å². The minimum atomic E-state index is 0.131. The maximum atomic E-state index is 8.98. The van der Waals surface area contributed by atoms with Gasteiger partial charge in [-0.05, 0) is 30.6 Å². The fraction of sp³-hybridized carbons (Fsp3) is 0.900. The predicted molar refractivity (Wildman–Crippen MR) is 56.6 cm³/mol. The van der Waals surface area contributed by atoms with Crippen molar-refractivity contribution in [3.8, 4) is 0 Å². The maximum absolute atomic E-state index is 8.98. The van der Waals surface area contributed by atoms with Gasteiger partial charge in [-0.25, -0.2) is 0 Å². The number of oxime groups is 1. The van der Waals surface area contributed by atoms with Crippen LogP contribution in [0.4, 0.5) is 0 Å². The fourth-order valence-electron chi connectivity index (χ4n) is 3.25. The van der Waals surface area contributed by atoms with Gasteiger partial charge in [0, 0.05) is 10.7 Å². The molecule has 2 aliphatic carbocycles. The lowest BCUT2D eigenvalue weighted by atomic mass is 9.70. The number of hydrogen-bond donors (Lipinski definition) is 1. The zero-order chi connectivity index (χ0) is 9.69. The van der Waals surface area contributed by atoms with Crippen molar-refractivity contribution in [3.05, 3.63) is 0 Å². The van der Waals surface area contributed by atoms with E-state index in [0.29, 0.717) is 5.41 Å². The number of hydrogen-bond acceptors (Lipinski definition) is 2. The highest BCUT2D eigenvalue weighted by molar-refractivity contribution is 9.09. The van der Waals surface area contributed by atoms with Gasteiger partial charge in [-0.2, -0.15) is 0 Å². The standard InChI is InChI=1S/C10H16BrNO/c1-9(2)7-3-4-10(9,6-11)8(5-7)12-13/h7,13H,3-6H2,1-2H3/b12-8-/t7-,10+/m0/s1. The van der Waals surface area contributed by atoms with E-state index in [-0.39, 0.29) is 5.41 Å². The Balaban J connectivity index is 2.47. The Bertz CT molecular complexity index is 262. The van der Waals surface area contributed by atoms with Crippen molar-refractivity contribution >= 4 is 21.6 Å². The number of rotatable bonds is 1. The topological polar surface area (TPSA) is 32.6 Å². The second kappa shape index (κ2) is 2.72. The smallest absolute Gasteiger partial charge is 0.0649 e. The van der Waals surface area contributed by atoms with Crippen molar-refractivity contribution in [1.29, 1.82) is 0 Å². The summed E-state index contributed by atoms with van der Waals surface area (Å²) >= 11 is 3.59. The maximum Gasteiger partial charge on any atom is 0.0649 e. The molecule has 0 spiro atoms. The van der Waals surface area contributed by atoms with E-state index in [1.807, 2.05) is 0 Å². The second-order valence-corrected chi connectivity index (χ2v) is 5.48. The van der Waals surface area contributed by atoms with Crippen LogP contribution in [0.3, 0.4) is 0 Å². The monoisotopic (exact) mass is 245 g/mol. The van der Waals surface area contributed by atoms with Gasteiger partial charge in [0.15, 0.2) is 0 Å². The molecule has 74 valence electrons. The molecule has 0 saturated heterocycles. The molecule has 2 rings (SSSR count). The van der Waals surface area contributed by atoms with Gasteiger partial charge in [0.05, 0.1) is 5.71 Å². The molecule has 0 aliphatic heterocycles. The number of halogens is 1.